The smallest absolute Gasteiger partial charge is 0.252 e. The van der Waals surface area contributed by atoms with Crippen LogP contribution < -0.4 is 14.2 Å². The number of hydrogen-bond donors (Lipinski definition) is 0. The van der Waals surface area contributed by atoms with Crippen molar-refractivity contribution in [1.82, 2.24) is 19.6 Å². The van der Waals surface area contributed by atoms with Crippen LogP contribution in [-0.4, -0.2) is 46.7 Å². The lowest BCUT2D eigenvalue weighted by atomic mass is 9.82. The Morgan fingerprint density at radius 2 is 1.79 bits per heavy atom. The van der Waals surface area contributed by atoms with Gasteiger partial charge in [-0.15, -0.1) is 5.10 Å². The highest BCUT2D eigenvalue weighted by Crippen LogP contribution is 2.42. The fourth-order valence-electron chi connectivity index (χ4n) is 3.65. The third kappa shape index (κ3) is 2.94. The van der Waals surface area contributed by atoms with Crippen molar-refractivity contribution in [3.05, 3.63) is 41.0 Å². The molecular weight excluding hydrogens is 360 g/mol. The summed E-state index contributed by atoms with van der Waals surface area (Å²) >= 11 is 0. The quantitative estimate of drug-likeness (QED) is 0.670. The fourth-order valence-corrected chi connectivity index (χ4v) is 3.65. The van der Waals surface area contributed by atoms with E-state index in [-0.39, 0.29) is 11.7 Å². The Hall–Kier alpha value is -3.16. The van der Waals surface area contributed by atoms with Crippen molar-refractivity contribution in [3.8, 4) is 17.2 Å². The summed E-state index contributed by atoms with van der Waals surface area (Å²) in [5, 5.41) is 4.36. The first-order chi connectivity index (χ1) is 13.6. The third-order valence-electron chi connectivity index (χ3n) is 5.10. The van der Waals surface area contributed by atoms with Gasteiger partial charge in [0, 0.05) is 19.0 Å². The number of aromatic nitrogens is 4. The number of ether oxygens (including phenoxy) is 3. The van der Waals surface area contributed by atoms with Gasteiger partial charge in [-0.1, -0.05) is 6.92 Å². The van der Waals surface area contributed by atoms with Gasteiger partial charge in [-0.3, -0.25) is 4.79 Å². The molecule has 8 heteroatoms. The first-order valence-corrected chi connectivity index (χ1v) is 9.16. The Morgan fingerprint density at radius 1 is 1.07 bits per heavy atom. The minimum Gasteiger partial charge on any atom is -0.493 e. The van der Waals surface area contributed by atoms with Crippen molar-refractivity contribution in [1.29, 1.82) is 0 Å². The van der Waals surface area contributed by atoms with Crippen LogP contribution in [0.3, 0.4) is 0 Å². The summed E-state index contributed by atoms with van der Waals surface area (Å²) in [4.78, 5) is 21.9. The Balaban J connectivity index is 1.75. The van der Waals surface area contributed by atoms with Gasteiger partial charge < -0.3 is 14.2 Å². The van der Waals surface area contributed by atoms with Crippen molar-refractivity contribution >= 4 is 11.6 Å². The molecule has 1 aromatic carbocycles. The summed E-state index contributed by atoms with van der Waals surface area (Å²) < 4.78 is 17.9. The number of nitrogens with zero attached hydrogens (tertiary/aromatic N) is 4. The largest absolute Gasteiger partial charge is 0.493 e. The lowest BCUT2D eigenvalue weighted by Crippen LogP contribution is -2.21. The minimum absolute atomic E-state index is 0.0303. The molecule has 1 atom stereocenters. The van der Waals surface area contributed by atoms with Crippen LogP contribution in [0, 0.1) is 0 Å². The van der Waals surface area contributed by atoms with Crippen LogP contribution in [0.5, 0.6) is 17.2 Å². The van der Waals surface area contributed by atoms with Crippen LogP contribution in [-0.2, 0) is 12.8 Å². The molecule has 1 aliphatic rings. The number of rotatable bonds is 5. The Morgan fingerprint density at radius 3 is 2.39 bits per heavy atom. The molecular formula is C20H22N4O4. The van der Waals surface area contributed by atoms with Crippen molar-refractivity contribution in [2.75, 3.05) is 21.3 Å². The lowest BCUT2D eigenvalue weighted by Gasteiger charge is -2.24. The molecule has 2 heterocycles. The molecule has 1 aliphatic carbocycles. The zero-order valence-corrected chi connectivity index (χ0v) is 16.4. The molecule has 0 unspecified atom stereocenters. The summed E-state index contributed by atoms with van der Waals surface area (Å²) in [6.07, 6.45) is 3.48. The van der Waals surface area contributed by atoms with E-state index < -0.39 is 0 Å². The number of aryl methyl sites for hydroxylation is 1. The predicted octanol–water partition coefficient (Wildman–Crippen LogP) is 2.63. The highest BCUT2D eigenvalue weighted by Gasteiger charge is 2.30. The highest BCUT2D eigenvalue weighted by molar-refractivity contribution is 5.98. The third-order valence-corrected chi connectivity index (χ3v) is 5.10. The second-order valence-electron chi connectivity index (χ2n) is 6.71. The molecule has 0 fully saturated rings. The van der Waals surface area contributed by atoms with Crippen LogP contribution in [0.25, 0.3) is 5.78 Å². The fraction of sp³-hybridized carbons (Fsp3) is 0.400. The molecule has 0 bridgehead atoms. The summed E-state index contributed by atoms with van der Waals surface area (Å²) in [6.45, 7) is 1.99. The number of hydrogen-bond acceptors (Lipinski definition) is 7. The molecule has 0 radical (unpaired) electrons. The van der Waals surface area contributed by atoms with E-state index in [1.807, 2.05) is 19.1 Å². The van der Waals surface area contributed by atoms with Crippen molar-refractivity contribution in [2.45, 2.75) is 32.1 Å². The van der Waals surface area contributed by atoms with E-state index in [2.05, 4.69) is 15.1 Å². The molecule has 3 aromatic rings. The maximum Gasteiger partial charge on any atom is 0.252 e. The van der Waals surface area contributed by atoms with Gasteiger partial charge >= 0.3 is 0 Å². The first kappa shape index (κ1) is 18.2. The molecule has 0 amide bonds. The standard InChI is InChI=1S/C20H22N4O4/c1-5-18-22-20-21-14-6-11(7-15(25)13(14)10-24(20)23-18)12-8-16(26-2)19(28-4)17(9-12)27-3/h8-11H,5-7H2,1-4H3/t11-/m1/s1. The average molecular weight is 382 g/mol. The van der Waals surface area contributed by atoms with Gasteiger partial charge in [-0.25, -0.2) is 9.50 Å². The molecule has 0 saturated carbocycles. The van der Waals surface area contributed by atoms with Crippen molar-refractivity contribution in [3.63, 3.8) is 0 Å². The Kier molecular flexibility index (Phi) is 4.62. The van der Waals surface area contributed by atoms with E-state index in [1.165, 1.54) is 0 Å². The number of carbonyl (C=O) groups is 1. The topological polar surface area (TPSA) is 87.8 Å². The van der Waals surface area contributed by atoms with E-state index in [0.29, 0.717) is 47.3 Å². The zero-order chi connectivity index (χ0) is 19.8. The van der Waals surface area contributed by atoms with Gasteiger partial charge in [0.1, 0.15) is 0 Å². The lowest BCUT2D eigenvalue weighted by molar-refractivity contribution is 0.0962. The predicted molar refractivity (Wildman–Crippen MR) is 102 cm³/mol. The Bertz CT molecular complexity index is 1030. The number of ketones is 1. The van der Waals surface area contributed by atoms with Crippen molar-refractivity contribution in [2.24, 2.45) is 0 Å². The summed E-state index contributed by atoms with van der Waals surface area (Å²) in [5.41, 5.74) is 2.31. The van der Waals surface area contributed by atoms with Gasteiger partial charge in [-0.05, 0) is 30.0 Å². The summed E-state index contributed by atoms with van der Waals surface area (Å²) in [6, 6.07) is 3.80. The number of fused-ring (bicyclic) bond motifs is 2. The normalized spacial score (nSPS) is 16.1. The molecule has 2 aromatic heterocycles. The molecule has 146 valence electrons. The van der Waals surface area contributed by atoms with Gasteiger partial charge in [-0.2, -0.15) is 4.98 Å². The molecule has 0 N–H and O–H groups in total. The zero-order valence-electron chi connectivity index (χ0n) is 16.4. The van der Waals surface area contributed by atoms with E-state index in [4.69, 9.17) is 14.2 Å². The maximum absolute atomic E-state index is 12.8. The number of benzene rings is 1. The maximum atomic E-state index is 12.8. The SMILES string of the molecule is CCc1nc2nc3c(cn2n1)C(=O)C[C@H](c1cc(OC)c(OC)c(OC)c1)C3. The van der Waals surface area contributed by atoms with Gasteiger partial charge in [0.25, 0.3) is 5.78 Å². The molecule has 0 spiro atoms. The second-order valence-corrected chi connectivity index (χ2v) is 6.71. The molecule has 4 rings (SSSR count). The van der Waals surface area contributed by atoms with Crippen molar-refractivity contribution < 1.29 is 19.0 Å². The second kappa shape index (κ2) is 7.10. The summed E-state index contributed by atoms with van der Waals surface area (Å²) in [7, 11) is 4.73. The van der Waals surface area contributed by atoms with Gasteiger partial charge in [0.2, 0.25) is 5.75 Å². The van der Waals surface area contributed by atoms with Crippen LogP contribution in [0.15, 0.2) is 18.3 Å². The van der Waals surface area contributed by atoms with E-state index >= 15 is 0 Å². The molecule has 0 aliphatic heterocycles. The average Bonchev–Trinajstić information content (AvgIpc) is 3.13. The minimum atomic E-state index is -0.0303. The van der Waals surface area contributed by atoms with Crippen LogP contribution >= 0.6 is 0 Å². The van der Waals surface area contributed by atoms with Crippen LogP contribution in [0.4, 0.5) is 0 Å². The number of methoxy groups -OCH3 is 3. The van der Waals surface area contributed by atoms with Crippen LogP contribution in [0.2, 0.25) is 0 Å². The van der Waals surface area contributed by atoms with Gasteiger partial charge in [0.15, 0.2) is 23.1 Å². The first-order valence-electron chi connectivity index (χ1n) is 9.16. The monoisotopic (exact) mass is 382 g/mol. The summed E-state index contributed by atoms with van der Waals surface area (Å²) in [5.74, 6) is 2.93. The number of carbonyl (C=O) groups excluding carboxylic acids is 1. The van der Waals surface area contributed by atoms with Crippen LogP contribution in [0.1, 0.15) is 46.7 Å². The molecule has 0 saturated heterocycles. The van der Waals surface area contributed by atoms with E-state index in [1.54, 1.807) is 32.0 Å². The molecule has 28 heavy (non-hydrogen) atoms. The van der Waals surface area contributed by atoms with E-state index in [9.17, 15) is 4.79 Å². The van der Waals surface area contributed by atoms with Gasteiger partial charge in [0.05, 0.1) is 32.6 Å². The van der Waals surface area contributed by atoms with E-state index in [0.717, 1.165) is 17.7 Å². The Labute approximate surface area is 162 Å². The highest BCUT2D eigenvalue weighted by atomic mass is 16.5. The molecule has 8 nitrogen and oxygen atoms in total. The number of Topliss-reactive ketones (excluding diaryl/α,β-unsaturated/α-hetero) is 1.